The van der Waals surface area contributed by atoms with Crippen LogP contribution < -0.4 is 0 Å². The lowest BCUT2D eigenvalue weighted by Gasteiger charge is -2.09. The standard InChI is InChI=1S/C11H8ClF2NO2/c12-7-1-2-8-6(5-15-9(8)3-7)4-11(13,14)10(16)17/h1-3,5,15H,4H2,(H,16,17). The molecule has 2 aromatic rings. The lowest BCUT2D eigenvalue weighted by molar-refractivity contribution is -0.164. The Morgan fingerprint density at radius 1 is 1.47 bits per heavy atom. The molecule has 0 aliphatic carbocycles. The zero-order valence-electron chi connectivity index (χ0n) is 8.51. The molecule has 0 amide bonds. The number of aliphatic carboxylic acids is 1. The second-order valence-corrected chi connectivity index (χ2v) is 4.13. The van der Waals surface area contributed by atoms with E-state index >= 15 is 0 Å². The van der Waals surface area contributed by atoms with Gasteiger partial charge in [0.05, 0.1) is 0 Å². The number of carboxylic acids is 1. The van der Waals surface area contributed by atoms with E-state index in [2.05, 4.69) is 4.98 Å². The van der Waals surface area contributed by atoms with Gasteiger partial charge in [-0.15, -0.1) is 0 Å². The Morgan fingerprint density at radius 3 is 2.82 bits per heavy atom. The average molecular weight is 260 g/mol. The quantitative estimate of drug-likeness (QED) is 0.890. The first kappa shape index (κ1) is 11.9. The van der Waals surface area contributed by atoms with Gasteiger partial charge in [0.25, 0.3) is 0 Å². The van der Waals surface area contributed by atoms with Crippen molar-refractivity contribution >= 4 is 28.5 Å². The maximum atomic E-state index is 13.1. The molecule has 3 nitrogen and oxygen atoms in total. The van der Waals surface area contributed by atoms with Crippen LogP contribution in [0.2, 0.25) is 5.02 Å². The van der Waals surface area contributed by atoms with Crippen molar-refractivity contribution in [3.8, 4) is 0 Å². The van der Waals surface area contributed by atoms with Crippen LogP contribution >= 0.6 is 11.6 Å². The van der Waals surface area contributed by atoms with Gasteiger partial charge in [0.2, 0.25) is 0 Å². The first-order valence-corrected chi connectivity index (χ1v) is 5.15. The van der Waals surface area contributed by atoms with E-state index in [4.69, 9.17) is 16.7 Å². The molecule has 90 valence electrons. The fourth-order valence-electron chi connectivity index (χ4n) is 1.62. The summed E-state index contributed by atoms with van der Waals surface area (Å²) in [5.41, 5.74) is 0.859. The summed E-state index contributed by atoms with van der Waals surface area (Å²) in [6.45, 7) is 0. The van der Waals surface area contributed by atoms with Gasteiger partial charge < -0.3 is 10.1 Å². The lowest BCUT2D eigenvalue weighted by Crippen LogP contribution is -2.30. The number of H-pyrrole nitrogens is 1. The lowest BCUT2D eigenvalue weighted by atomic mass is 10.1. The van der Waals surface area contributed by atoms with E-state index < -0.39 is 18.3 Å². The largest absolute Gasteiger partial charge is 0.477 e. The smallest absolute Gasteiger partial charge is 0.374 e. The van der Waals surface area contributed by atoms with Gasteiger partial charge in [-0.2, -0.15) is 8.78 Å². The minimum absolute atomic E-state index is 0.254. The summed E-state index contributed by atoms with van der Waals surface area (Å²) in [7, 11) is 0. The van der Waals surface area contributed by atoms with Crippen molar-refractivity contribution in [2.24, 2.45) is 0 Å². The second kappa shape index (κ2) is 4.00. The second-order valence-electron chi connectivity index (χ2n) is 3.69. The Bertz CT molecular complexity index is 580. The number of halogens is 3. The van der Waals surface area contributed by atoms with E-state index in [9.17, 15) is 13.6 Å². The molecule has 1 aromatic carbocycles. The Labute approximate surface area is 100 Å². The first-order valence-electron chi connectivity index (χ1n) is 4.77. The molecular formula is C11H8ClF2NO2. The van der Waals surface area contributed by atoms with E-state index in [1.54, 1.807) is 18.2 Å². The topological polar surface area (TPSA) is 53.1 Å². The monoisotopic (exact) mass is 259 g/mol. The summed E-state index contributed by atoms with van der Waals surface area (Å²) in [5.74, 6) is -5.89. The van der Waals surface area contributed by atoms with Crippen molar-refractivity contribution in [2.75, 3.05) is 0 Å². The fourth-order valence-corrected chi connectivity index (χ4v) is 1.79. The van der Waals surface area contributed by atoms with Crippen LogP contribution in [0.3, 0.4) is 0 Å². The highest BCUT2D eigenvalue weighted by atomic mass is 35.5. The minimum atomic E-state index is -3.77. The summed E-state index contributed by atoms with van der Waals surface area (Å²) in [5, 5.41) is 9.41. The van der Waals surface area contributed by atoms with Crippen molar-refractivity contribution < 1.29 is 18.7 Å². The van der Waals surface area contributed by atoms with Crippen LogP contribution in [0.15, 0.2) is 24.4 Å². The van der Waals surface area contributed by atoms with Gasteiger partial charge in [0.1, 0.15) is 0 Å². The van der Waals surface area contributed by atoms with Crippen LogP contribution in [0, 0.1) is 0 Å². The molecule has 0 radical (unpaired) electrons. The number of hydrogen-bond acceptors (Lipinski definition) is 1. The van der Waals surface area contributed by atoms with E-state index in [0.29, 0.717) is 15.9 Å². The maximum Gasteiger partial charge on any atom is 0.374 e. The highest BCUT2D eigenvalue weighted by Crippen LogP contribution is 2.27. The molecule has 0 bridgehead atoms. The number of carboxylic acid groups (broad SMARTS) is 1. The predicted octanol–water partition coefficient (Wildman–Crippen LogP) is 3.08. The zero-order chi connectivity index (χ0) is 12.6. The molecule has 0 aliphatic heterocycles. The average Bonchev–Trinajstić information content (AvgIpc) is 2.60. The van der Waals surface area contributed by atoms with E-state index in [-0.39, 0.29) is 5.56 Å². The number of rotatable bonds is 3. The Hall–Kier alpha value is -1.62. The molecular weight excluding hydrogens is 252 g/mol. The first-order chi connectivity index (χ1) is 7.90. The number of hydrogen-bond donors (Lipinski definition) is 2. The van der Waals surface area contributed by atoms with Gasteiger partial charge in [-0.3, -0.25) is 0 Å². The van der Waals surface area contributed by atoms with Gasteiger partial charge in [-0.1, -0.05) is 17.7 Å². The molecule has 1 heterocycles. The molecule has 0 saturated carbocycles. The SMILES string of the molecule is O=C(O)C(F)(F)Cc1c[nH]c2cc(Cl)ccc12. The molecule has 0 saturated heterocycles. The van der Waals surface area contributed by atoms with Crippen molar-refractivity contribution in [2.45, 2.75) is 12.3 Å². The summed E-state index contributed by atoms with van der Waals surface area (Å²) in [6.07, 6.45) is 0.530. The van der Waals surface area contributed by atoms with Crippen LogP contribution in [0.5, 0.6) is 0 Å². The Kier molecular flexibility index (Phi) is 2.79. The molecule has 0 atom stereocenters. The molecule has 0 fully saturated rings. The van der Waals surface area contributed by atoms with Gasteiger partial charge >= 0.3 is 11.9 Å². The van der Waals surface area contributed by atoms with Crippen LogP contribution in [0.1, 0.15) is 5.56 Å². The predicted molar refractivity (Wildman–Crippen MR) is 59.6 cm³/mol. The number of aromatic amines is 1. The van der Waals surface area contributed by atoms with Crippen molar-refractivity contribution in [1.29, 1.82) is 0 Å². The summed E-state index contributed by atoms with van der Waals surface area (Å²) in [4.78, 5) is 13.1. The Balaban J connectivity index is 2.41. The summed E-state index contributed by atoms with van der Waals surface area (Å²) < 4.78 is 26.2. The highest BCUT2D eigenvalue weighted by molar-refractivity contribution is 6.31. The number of nitrogens with one attached hydrogen (secondary N) is 1. The Morgan fingerprint density at radius 2 is 2.18 bits per heavy atom. The van der Waals surface area contributed by atoms with Gasteiger partial charge in [-0.05, 0) is 17.7 Å². The number of aromatic nitrogens is 1. The van der Waals surface area contributed by atoms with Gasteiger partial charge in [0.15, 0.2) is 0 Å². The zero-order valence-corrected chi connectivity index (χ0v) is 9.26. The number of carbonyl (C=O) groups is 1. The van der Waals surface area contributed by atoms with Crippen LogP contribution in [-0.2, 0) is 11.2 Å². The third-order valence-electron chi connectivity index (χ3n) is 2.45. The minimum Gasteiger partial charge on any atom is -0.477 e. The van der Waals surface area contributed by atoms with Gasteiger partial charge in [-0.25, -0.2) is 4.79 Å². The van der Waals surface area contributed by atoms with Crippen LogP contribution in [0.25, 0.3) is 10.9 Å². The van der Waals surface area contributed by atoms with E-state index in [1.807, 2.05) is 0 Å². The summed E-state index contributed by atoms with van der Waals surface area (Å²) >= 11 is 5.75. The molecule has 1 aromatic heterocycles. The number of benzene rings is 1. The molecule has 2 N–H and O–H groups in total. The van der Waals surface area contributed by atoms with Crippen LogP contribution in [0.4, 0.5) is 8.78 Å². The van der Waals surface area contributed by atoms with E-state index in [0.717, 1.165) is 0 Å². The normalized spacial score (nSPS) is 11.9. The fraction of sp³-hybridized carbons (Fsp3) is 0.182. The van der Waals surface area contributed by atoms with Crippen molar-refractivity contribution in [1.82, 2.24) is 4.98 Å². The highest BCUT2D eigenvalue weighted by Gasteiger charge is 2.39. The number of fused-ring (bicyclic) bond motifs is 1. The molecule has 2 rings (SSSR count). The van der Waals surface area contributed by atoms with Crippen molar-refractivity contribution in [3.63, 3.8) is 0 Å². The molecule has 0 unspecified atom stereocenters. The molecule has 0 aliphatic rings. The van der Waals surface area contributed by atoms with Gasteiger partial charge in [0, 0.05) is 28.5 Å². The molecule has 17 heavy (non-hydrogen) atoms. The molecule has 6 heteroatoms. The third kappa shape index (κ3) is 2.24. The summed E-state index contributed by atoms with van der Waals surface area (Å²) in [6, 6.07) is 4.75. The van der Waals surface area contributed by atoms with Crippen LogP contribution in [-0.4, -0.2) is 22.0 Å². The van der Waals surface area contributed by atoms with Crippen molar-refractivity contribution in [3.05, 3.63) is 35.0 Å². The molecule has 0 spiro atoms. The maximum absolute atomic E-state index is 13.1. The number of alkyl halides is 2. The third-order valence-corrected chi connectivity index (χ3v) is 2.69. The van der Waals surface area contributed by atoms with E-state index in [1.165, 1.54) is 6.20 Å².